The molecule has 0 aromatic rings. The van der Waals surface area contributed by atoms with E-state index in [1.165, 1.54) is 18.5 Å². The predicted molar refractivity (Wildman–Crippen MR) is 54.4 cm³/mol. The van der Waals surface area contributed by atoms with E-state index in [0.717, 1.165) is 0 Å². The summed E-state index contributed by atoms with van der Waals surface area (Å²) >= 11 is 0. The second-order valence-corrected chi connectivity index (χ2v) is 4.26. The average Bonchev–Trinajstić information content (AvgIpc) is 2.69. The van der Waals surface area contributed by atoms with Crippen molar-refractivity contribution >= 4 is 6.21 Å². The molecule has 0 atom stereocenters. The van der Waals surface area contributed by atoms with E-state index in [1.54, 1.807) is 0 Å². The zero-order chi connectivity index (χ0) is 9.19. The molecule has 1 rings (SSSR count). The third-order valence-electron chi connectivity index (χ3n) is 2.40. The summed E-state index contributed by atoms with van der Waals surface area (Å²) in [5.74, 6) is 0.558. The first-order valence-electron chi connectivity index (χ1n) is 4.79. The number of aliphatic imine (C=N–C) groups is 1. The van der Waals surface area contributed by atoms with Gasteiger partial charge in [-0.3, -0.25) is 4.99 Å². The molecule has 1 heteroatoms. The fourth-order valence-electron chi connectivity index (χ4n) is 1.25. The fraction of sp³-hybridized carbons (Fsp3) is 0.727. The van der Waals surface area contributed by atoms with E-state index in [0.29, 0.717) is 11.3 Å². The van der Waals surface area contributed by atoms with E-state index >= 15 is 0 Å². The smallest absolute Gasteiger partial charge is 0.0416 e. The van der Waals surface area contributed by atoms with Crippen LogP contribution in [0.4, 0.5) is 0 Å². The first-order valence-corrected chi connectivity index (χ1v) is 4.79. The number of hydrogen-bond donors (Lipinski definition) is 0. The van der Waals surface area contributed by atoms with Crippen molar-refractivity contribution in [2.24, 2.45) is 16.3 Å². The zero-order valence-corrected chi connectivity index (χ0v) is 8.59. The highest BCUT2D eigenvalue weighted by Gasteiger charge is 2.40. The first-order chi connectivity index (χ1) is 5.58. The van der Waals surface area contributed by atoms with Crippen LogP contribution in [0.1, 0.15) is 40.5 Å². The van der Waals surface area contributed by atoms with Crippen LogP contribution in [-0.4, -0.2) is 6.21 Å². The molecule has 0 aliphatic heterocycles. The molecule has 1 aliphatic rings. The van der Waals surface area contributed by atoms with Gasteiger partial charge in [-0.15, -0.1) is 0 Å². The van der Waals surface area contributed by atoms with Gasteiger partial charge in [-0.25, -0.2) is 0 Å². The highest BCUT2D eigenvalue weighted by Crippen LogP contribution is 2.51. The highest BCUT2D eigenvalue weighted by molar-refractivity contribution is 5.61. The molecule has 1 fully saturated rings. The molecule has 0 aromatic carbocycles. The summed E-state index contributed by atoms with van der Waals surface area (Å²) in [5.41, 5.74) is 1.69. The Hall–Kier alpha value is -0.590. The minimum absolute atomic E-state index is 0.417. The lowest BCUT2D eigenvalue weighted by molar-refractivity contribution is 0.676. The maximum atomic E-state index is 4.51. The maximum absolute atomic E-state index is 4.51. The second kappa shape index (κ2) is 3.42. The summed E-state index contributed by atoms with van der Waals surface area (Å²) in [6, 6.07) is 0. The molecule has 0 amide bonds. The monoisotopic (exact) mass is 165 g/mol. The minimum atomic E-state index is 0.417. The second-order valence-electron chi connectivity index (χ2n) is 4.26. The van der Waals surface area contributed by atoms with Gasteiger partial charge in [0.15, 0.2) is 0 Å². The van der Waals surface area contributed by atoms with E-state index in [4.69, 9.17) is 0 Å². The minimum Gasteiger partial charge on any atom is -0.265 e. The highest BCUT2D eigenvalue weighted by atomic mass is 14.8. The lowest BCUT2D eigenvalue weighted by Gasteiger charge is -2.08. The van der Waals surface area contributed by atoms with Crippen LogP contribution >= 0.6 is 0 Å². The molecule has 12 heavy (non-hydrogen) atoms. The van der Waals surface area contributed by atoms with Crippen molar-refractivity contribution in [1.29, 1.82) is 0 Å². The number of nitrogens with zero attached hydrogens (tertiary/aromatic N) is 1. The van der Waals surface area contributed by atoms with Gasteiger partial charge in [0.25, 0.3) is 0 Å². The van der Waals surface area contributed by atoms with E-state index < -0.39 is 0 Å². The molecule has 0 heterocycles. The molecule has 1 nitrogen and oxygen atoms in total. The Morgan fingerprint density at radius 1 is 1.42 bits per heavy atom. The van der Waals surface area contributed by atoms with E-state index in [-0.39, 0.29) is 0 Å². The van der Waals surface area contributed by atoms with Crippen LogP contribution in [0.15, 0.2) is 16.8 Å². The summed E-state index contributed by atoms with van der Waals surface area (Å²) in [5, 5.41) is 0. The molecular weight excluding hydrogens is 146 g/mol. The normalized spacial score (nSPS) is 22.2. The van der Waals surface area contributed by atoms with Gasteiger partial charge in [-0.05, 0) is 25.7 Å². The average molecular weight is 165 g/mol. The van der Waals surface area contributed by atoms with E-state index in [2.05, 4.69) is 38.8 Å². The largest absolute Gasteiger partial charge is 0.265 e. The van der Waals surface area contributed by atoms with Crippen LogP contribution in [-0.2, 0) is 0 Å². The molecule has 0 saturated heterocycles. The molecule has 0 spiro atoms. The predicted octanol–water partition coefficient (Wildman–Crippen LogP) is 3.42. The summed E-state index contributed by atoms with van der Waals surface area (Å²) in [6.07, 6.45) is 6.80. The van der Waals surface area contributed by atoms with Crippen molar-refractivity contribution in [2.45, 2.75) is 40.5 Å². The van der Waals surface area contributed by atoms with Crippen LogP contribution in [0, 0.1) is 11.3 Å². The van der Waals surface area contributed by atoms with Crippen LogP contribution in [0.3, 0.4) is 0 Å². The van der Waals surface area contributed by atoms with Gasteiger partial charge < -0.3 is 0 Å². The van der Waals surface area contributed by atoms with Gasteiger partial charge in [-0.2, -0.15) is 0 Å². The lowest BCUT2D eigenvalue weighted by Crippen LogP contribution is -1.98. The molecule has 0 unspecified atom stereocenters. The van der Waals surface area contributed by atoms with Gasteiger partial charge >= 0.3 is 0 Å². The Morgan fingerprint density at radius 3 is 2.33 bits per heavy atom. The Balaban J connectivity index is 2.59. The molecular formula is C11H19N. The summed E-state index contributed by atoms with van der Waals surface area (Å²) < 4.78 is 0. The maximum Gasteiger partial charge on any atom is 0.0416 e. The zero-order valence-electron chi connectivity index (χ0n) is 8.59. The number of rotatable bonds is 3. The summed E-state index contributed by atoms with van der Waals surface area (Å²) in [7, 11) is 0. The lowest BCUT2D eigenvalue weighted by atomic mass is 10.1. The summed E-state index contributed by atoms with van der Waals surface area (Å²) in [4.78, 5) is 4.51. The third-order valence-corrected chi connectivity index (χ3v) is 2.40. The van der Waals surface area contributed by atoms with Crippen LogP contribution < -0.4 is 0 Å². The van der Waals surface area contributed by atoms with Crippen molar-refractivity contribution < 1.29 is 0 Å². The van der Waals surface area contributed by atoms with Crippen molar-refractivity contribution in [2.75, 3.05) is 0 Å². The van der Waals surface area contributed by atoms with Gasteiger partial charge in [0.1, 0.15) is 0 Å². The molecule has 1 saturated carbocycles. The molecule has 1 aliphatic carbocycles. The van der Waals surface area contributed by atoms with Crippen molar-refractivity contribution in [3.63, 3.8) is 0 Å². The van der Waals surface area contributed by atoms with Crippen molar-refractivity contribution in [3.05, 3.63) is 11.8 Å². The van der Waals surface area contributed by atoms with Gasteiger partial charge in [-0.1, -0.05) is 26.8 Å². The topological polar surface area (TPSA) is 12.4 Å². The van der Waals surface area contributed by atoms with E-state index in [9.17, 15) is 0 Å². The molecule has 0 radical (unpaired) electrons. The van der Waals surface area contributed by atoms with Gasteiger partial charge in [0.05, 0.1) is 0 Å². The Labute approximate surface area is 75.6 Å². The Kier molecular flexibility index (Phi) is 2.71. The third kappa shape index (κ3) is 2.20. The number of allylic oxidation sites excluding steroid dienone is 2. The molecule has 0 aromatic heterocycles. The van der Waals surface area contributed by atoms with Crippen LogP contribution in [0.5, 0.6) is 0 Å². The van der Waals surface area contributed by atoms with Gasteiger partial charge in [0, 0.05) is 17.3 Å². The Morgan fingerprint density at radius 2 is 2.00 bits per heavy atom. The standard InChI is InChI=1S/C11H19N/c1-5-10(11(4)6-7-11)12-8-9(2)3/h5,8-9H,6-7H2,1-4H3/b10-5-,12-8?. The van der Waals surface area contributed by atoms with Crippen molar-refractivity contribution in [3.8, 4) is 0 Å². The van der Waals surface area contributed by atoms with Crippen LogP contribution in [0.2, 0.25) is 0 Å². The molecule has 0 N–H and O–H groups in total. The number of hydrogen-bond acceptors (Lipinski definition) is 1. The molecule has 0 bridgehead atoms. The first kappa shape index (κ1) is 9.50. The van der Waals surface area contributed by atoms with Gasteiger partial charge in [0.2, 0.25) is 0 Å². The quantitative estimate of drug-likeness (QED) is 0.568. The fourth-order valence-corrected chi connectivity index (χ4v) is 1.25. The van der Waals surface area contributed by atoms with Crippen LogP contribution in [0.25, 0.3) is 0 Å². The van der Waals surface area contributed by atoms with E-state index in [1.807, 2.05) is 6.21 Å². The van der Waals surface area contributed by atoms with Crippen molar-refractivity contribution in [1.82, 2.24) is 0 Å². The molecule has 68 valence electrons. The SMILES string of the molecule is C/C=C(\N=CC(C)C)C1(C)CC1. The Bertz CT molecular complexity index is 207. The summed E-state index contributed by atoms with van der Waals surface area (Å²) in [6.45, 7) is 8.69.